The lowest BCUT2D eigenvalue weighted by Gasteiger charge is -2.12. The van der Waals surface area contributed by atoms with E-state index in [1.807, 2.05) is 27.7 Å². The Labute approximate surface area is 582 Å². The lowest BCUT2D eigenvalue weighted by Crippen LogP contribution is -1.95. The lowest BCUT2D eigenvalue weighted by atomic mass is 9.92. The van der Waals surface area contributed by atoms with Crippen LogP contribution in [0.15, 0.2) is 162 Å². The largest absolute Gasteiger partial charge is 0.135 e. The van der Waals surface area contributed by atoms with E-state index in [1.165, 1.54) is 114 Å². The van der Waals surface area contributed by atoms with Gasteiger partial charge in [-0.05, 0) is 312 Å². The highest BCUT2D eigenvalue weighted by atomic mass is 32.1. The molecule has 0 bridgehead atoms. The second kappa shape index (κ2) is 29.2. The molecule has 0 spiro atoms. The molecule has 0 unspecified atom stereocenters. The highest BCUT2D eigenvalue weighted by molar-refractivity contribution is 7.15. The normalized spacial score (nSPS) is 19.1. The van der Waals surface area contributed by atoms with Crippen LogP contribution in [0, 0.1) is 0 Å². The van der Waals surface area contributed by atoms with Gasteiger partial charge in [-0.15, -0.1) is 22.7 Å². The molecule has 0 atom stereocenters. The van der Waals surface area contributed by atoms with Crippen molar-refractivity contribution in [2.75, 3.05) is 0 Å². The molecule has 0 saturated carbocycles. The van der Waals surface area contributed by atoms with Crippen molar-refractivity contribution in [2.24, 2.45) is 0 Å². The lowest BCUT2D eigenvalue weighted by molar-refractivity contribution is 1.04. The predicted molar refractivity (Wildman–Crippen MR) is 429 cm³/mol. The third kappa shape index (κ3) is 12.1. The first kappa shape index (κ1) is 75.1. The van der Waals surface area contributed by atoms with Crippen LogP contribution in [0.1, 0.15) is 306 Å². The van der Waals surface area contributed by atoms with E-state index in [9.17, 15) is 0 Å². The first-order chi connectivity index (χ1) is 41.9. The molecule has 0 fully saturated rings. The Bertz CT molecular complexity index is 4060. The summed E-state index contributed by atoms with van der Waals surface area (Å²) in [5.74, 6) is 0. The standard InChI is InChI=1S/C22H22.C20H20S.C20H18.C18H16S.2C2H6.8CH4/c1-3-13-5-15-9-17-12-22-18(11-21(17)19(15)7-13)10-16-6-14(4-2)8-20(16)22;1-3-11-5-13-9-17-18-10-14-6-12(4-2)8-16(14)20(18)21-19(17)15(13)7-11;1-11-3-13-7-15-10-20-16(9-19(15)17(13)5-11)8-14-4-12(2)6-18(14)20;1-9-3-11-7-15-16-8-12-4-10(2)6-14(12)18(16)19-17(15)13(11)5-9;2*1-2;;;;;;;;/h5-6,11-12H,3-4,7-10H2,1-2H3;5-6H,3-4,7-10H2,1-2H3;3-4,9-10H,5-8H2,1-2H3;3-4H,5-8H2,1-2H3;2*1-2H3;8*1H4. The zero-order chi connectivity index (χ0) is 59.1. The van der Waals surface area contributed by atoms with E-state index < -0.39 is 0 Å². The average molecular weight is 1290 g/mol. The molecule has 500 valence electrons. The van der Waals surface area contributed by atoms with Crippen molar-refractivity contribution in [3.63, 3.8) is 0 Å². The van der Waals surface area contributed by atoms with Crippen LogP contribution >= 0.6 is 22.7 Å². The van der Waals surface area contributed by atoms with Crippen LogP contribution in [0.4, 0.5) is 0 Å². The van der Waals surface area contributed by atoms with E-state index in [4.69, 9.17) is 0 Å². The van der Waals surface area contributed by atoms with Crippen LogP contribution in [-0.4, -0.2) is 0 Å². The fraction of sp³-hybridized carbons (Fsp3) is 0.435. The van der Waals surface area contributed by atoms with E-state index in [0.717, 1.165) is 25.7 Å². The first-order valence-electron chi connectivity index (χ1n) is 33.8. The van der Waals surface area contributed by atoms with Crippen LogP contribution in [0.5, 0.6) is 0 Å². The van der Waals surface area contributed by atoms with E-state index in [0.29, 0.717) is 0 Å². The molecule has 0 N–H and O–H groups in total. The SMILES string of the molecule is C.C.C.C.C.C.C.C.CC.CC.CC1=CC2=C(C1)c1cc3c(cc1C2)C1=C(C=C(C)C1)C3.CC1=CC2=C(C1)c1sc3c(c1C2)CC1=C3CC(C)=C1.CCC1=CC2=C(C1)c1cc3c(cc1C2)C1=C(C=C(CC)C1)C3.CCC1=CC2=C(C1)c1sc3c(c1C2)CC1=C3CC(CC)=C1. The molecule has 4 aromatic rings. The highest BCUT2D eigenvalue weighted by Gasteiger charge is 2.39. The van der Waals surface area contributed by atoms with Crippen molar-refractivity contribution in [1.29, 1.82) is 0 Å². The summed E-state index contributed by atoms with van der Waals surface area (Å²) in [6.45, 7) is 26.2. The molecule has 94 heavy (non-hydrogen) atoms. The van der Waals surface area contributed by atoms with E-state index in [1.54, 1.807) is 209 Å². The Kier molecular flexibility index (Phi) is 23.3. The van der Waals surface area contributed by atoms with Gasteiger partial charge in [0, 0.05) is 19.5 Å². The second-order valence-corrected chi connectivity index (χ2v) is 29.3. The maximum absolute atomic E-state index is 2.53. The Hall–Kier alpha value is -6.32. The molecule has 2 aromatic heterocycles. The molecule has 0 nitrogen and oxygen atoms in total. The van der Waals surface area contributed by atoms with Gasteiger partial charge in [-0.1, -0.05) is 232 Å². The minimum absolute atomic E-state index is 0. The average Bonchev–Trinajstić information content (AvgIpc) is 1.58. The van der Waals surface area contributed by atoms with E-state index in [-0.39, 0.29) is 59.4 Å². The molecular formula is C92H120S2. The number of allylic oxidation sites excluding steroid dienone is 32. The summed E-state index contributed by atoms with van der Waals surface area (Å²) < 4.78 is 0. The third-order valence-electron chi connectivity index (χ3n) is 21.8. The molecule has 0 radical (unpaired) electrons. The summed E-state index contributed by atoms with van der Waals surface area (Å²) in [5.41, 5.74) is 57.9. The van der Waals surface area contributed by atoms with E-state index >= 15 is 0 Å². The number of benzene rings is 2. The predicted octanol–water partition coefficient (Wildman–Crippen LogP) is 28.8. The van der Waals surface area contributed by atoms with Crippen molar-refractivity contribution >= 4 is 67.3 Å². The second-order valence-electron chi connectivity index (χ2n) is 27.2. The van der Waals surface area contributed by atoms with Crippen molar-refractivity contribution in [2.45, 2.75) is 271 Å². The fourth-order valence-corrected chi connectivity index (χ4v) is 20.7. The van der Waals surface area contributed by atoms with Gasteiger partial charge in [-0.25, -0.2) is 0 Å². The molecule has 16 aliphatic carbocycles. The zero-order valence-electron chi connectivity index (χ0n) is 53.9. The van der Waals surface area contributed by atoms with Crippen molar-refractivity contribution in [1.82, 2.24) is 0 Å². The Balaban J connectivity index is 0.000000170. The summed E-state index contributed by atoms with van der Waals surface area (Å²) in [6.07, 6.45) is 43.5. The molecule has 0 saturated heterocycles. The van der Waals surface area contributed by atoms with Gasteiger partial charge in [0.25, 0.3) is 0 Å². The summed E-state index contributed by atoms with van der Waals surface area (Å²) in [7, 11) is 0. The third-order valence-corrected chi connectivity index (χ3v) is 24.6. The van der Waals surface area contributed by atoms with Gasteiger partial charge < -0.3 is 0 Å². The Morgan fingerprint density at radius 3 is 0.691 bits per heavy atom. The number of rotatable bonds is 4. The van der Waals surface area contributed by atoms with Gasteiger partial charge in [0.2, 0.25) is 0 Å². The smallest absolute Gasteiger partial charge is 0.0353 e. The first-order valence-corrected chi connectivity index (χ1v) is 35.4. The molecule has 2 heteroatoms. The number of hydrogen-bond donors (Lipinski definition) is 0. The highest BCUT2D eigenvalue weighted by Crippen LogP contribution is 2.58. The molecule has 0 amide bonds. The topological polar surface area (TPSA) is 0 Å². The van der Waals surface area contributed by atoms with Gasteiger partial charge in [-0.3, -0.25) is 0 Å². The maximum Gasteiger partial charge on any atom is 0.0353 e. The molecule has 0 aliphatic heterocycles. The number of hydrogen-bond acceptors (Lipinski definition) is 2. The monoisotopic (exact) mass is 1290 g/mol. The fourth-order valence-electron chi connectivity index (χ4n) is 17.8. The zero-order valence-corrected chi connectivity index (χ0v) is 55.5. The maximum atomic E-state index is 2.53. The Morgan fingerprint density at radius 2 is 0.436 bits per heavy atom. The minimum Gasteiger partial charge on any atom is -0.135 e. The van der Waals surface area contributed by atoms with Gasteiger partial charge in [0.1, 0.15) is 0 Å². The van der Waals surface area contributed by atoms with Crippen LogP contribution < -0.4 is 0 Å². The quantitative estimate of drug-likeness (QED) is 0.191. The summed E-state index contributed by atoms with van der Waals surface area (Å²) in [6, 6.07) is 10.1. The molecule has 2 aromatic carbocycles. The molecule has 20 rings (SSSR count). The van der Waals surface area contributed by atoms with Gasteiger partial charge >= 0.3 is 0 Å². The summed E-state index contributed by atoms with van der Waals surface area (Å²) in [4.78, 5) is 6.55. The van der Waals surface area contributed by atoms with Crippen LogP contribution in [-0.2, 0) is 51.4 Å². The number of thiophene rings is 2. The molecule has 2 heterocycles. The number of fused-ring (bicyclic) bond motifs is 18. The molecular weight excluding hydrogens is 1170 g/mol. The van der Waals surface area contributed by atoms with Gasteiger partial charge in [0.05, 0.1) is 0 Å². The summed E-state index contributed by atoms with van der Waals surface area (Å²) in [5, 5.41) is 0. The van der Waals surface area contributed by atoms with Crippen molar-refractivity contribution in [3.8, 4) is 0 Å². The minimum atomic E-state index is 0. The summed E-state index contributed by atoms with van der Waals surface area (Å²) >= 11 is 4.19. The van der Waals surface area contributed by atoms with Crippen molar-refractivity contribution < 1.29 is 0 Å². The van der Waals surface area contributed by atoms with Gasteiger partial charge in [0.15, 0.2) is 0 Å². The van der Waals surface area contributed by atoms with Crippen LogP contribution in [0.2, 0.25) is 0 Å². The van der Waals surface area contributed by atoms with Crippen molar-refractivity contribution in [3.05, 3.63) is 248 Å². The van der Waals surface area contributed by atoms with Crippen LogP contribution in [0.3, 0.4) is 0 Å². The van der Waals surface area contributed by atoms with Gasteiger partial charge in [-0.2, -0.15) is 0 Å². The van der Waals surface area contributed by atoms with Crippen LogP contribution in [0.25, 0.3) is 44.6 Å². The molecule has 16 aliphatic rings. The van der Waals surface area contributed by atoms with E-state index in [2.05, 4.69) is 151 Å². The Morgan fingerprint density at radius 1 is 0.245 bits per heavy atom.